The first kappa shape index (κ1) is 13.2. The standard InChI is InChI=1S/C9H15ClO4/c1-8(2,6(11)12)5-9(3,4)7(13)14-10/h5H2,1-4H3,(H,11,12). The fraction of sp³-hybridized carbons (Fsp3) is 0.778. The molecule has 0 saturated heterocycles. The van der Waals surface area contributed by atoms with Gasteiger partial charge in [-0.3, -0.25) is 4.79 Å². The molecule has 0 aliphatic heterocycles. The first-order chi connectivity index (χ1) is 6.13. The first-order valence-electron chi connectivity index (χ1n) is 4.20. The molecule has 0 heterocycles. The average Bonchev–Trinajstić information content (AvgIpc) is 2.00. The van der Waals surface area contributed by atoms with Crippen LogP contribution in [0.4, 0.5) is 0 Å². The van der Waals surface area contributed by atoms with Crippen molar-refractivity contribution in [3.05, 3.63) is 0 Å². The van der Waals surface area contributed by atoms with Crippen LogP contribution < -0.4 is 0 Å². The van der Waals surface area contributed by atoms with Crippen molar-refractivity contribution < 1.29 is 19.0 Å². The molecule has 0 aromatic heterocycles. The van der Waals surface area contributed by atoms with Gasteiger partial charge in [0.15, 0.2) is 0 Å². The minimum Gasteiger partial charge on any atom is -0.481 e. The van der Waals surface area contributed by atoms with Gasteiger partial charge in [0.2, 0.25) is 0 Å². The van der Waals surface area contributed by atoms with Crippen molar-refractivity contribution in [1.82, 2.24) is 0 Å². The van der Waals surface area contributed by atoms with E-state index in [-0.39, 0.29) is 6.42 Å². The maximum absolute atomic E-state index is 11.2. The number of halogens is 1. The number of carbonyl (C=O) groups is 2. The molecule has 1 N–H and O–H groups in total. The highest BCUT2D eigenvalue weighted by molar-refractivity contribution is 6.13. The molecule has 0 rings (SSSR count). The Morgan fingerprint density at radius 2 is 1.64 bits per heavy atom. The maximum Gasteiger partial charge on any atom is 0.330 e. The van der Waals surface area contributed by atoms with Gasteiger partial charge in [0.25, 0.3) is 0 Å². The molecule has 0 fully saturated rings. The highest BCUT2D eigenvalue weighted by Gasteiger charge is 2.40. The monoisotopic (exact) mass is 222 g/mol. The van der Waals surface area contributed by atoms with Gasteiger partial charge < -0.3 is 9.40 Å². The molecule has 0 radical (unpaired) electrons. The van der Waals surface area contributed by atoms with Crippen LogP contribution >= 0.6 is 11.9 Å². The zero-order chi connectivity index (χ0) is 11.6. The van der Waals surface area contributed by atoms with Crippen molar-refractivity contribution >= 4 is 23.8 Å². The van der Waals surface area contributed by atoms with Crippen LogP contribution in [0.1, 0.15) is 34.1 Å². The topological polar surface area (TPSA) is 63.6 Å². The third-order valence-electron chi connectivity index (χ3n) is 2.09. The second-order valence-corrected chi connectivity index (χ2v) is 4.77. The normalized spacial score (nSPS) is 12.4. The Labute approximate surface area is 88.4 Å². The van der Waals surface area contributed by atoms with Crippen LogP contribution in [-0.2, 0) is 13.9 Å². The Morgan fingerprint density at radius 3 is 1.93 bits per heavy atom. The molecule has 0 atom stereocenters. The van der Waals surface area contributed by atoms with E-state index in [1.165, 1.54) is 0 Å². The van der Waals surface area contributed by atoms with E-state index in [0.29, 0.717) is 0 Å². The first-order valence-corrected chi connectivity index (χ1v) is 4.51. The Hall–Kier alpha value is -0.770. The summed E-state index contributed by atoms with van der Waals surface area (Å²) in [6, 6.07) is 0. The van der Waals surface area contributed by atoms with Gasteiger partial charge in [0.1, 0.15) is 11.9 Å². The lowest BCUT2D eigenvalue weighted by molar-refractivity contribution is -0.153. The second kappa shape index (κ2) is 4.17. The van der Waals surface area contributed by atoms with Crippen LogP contribution in [-0.4, -0.2) is 17.0 Å². The van der Waals surface area contributed by atoms with Gasteiger partial charge in [0.05, 0.1) is 10.8 Å². The highest BCUT2D eigenvalue weighted by atomic mass is 35.5. The van der Waals surface area contributed by atoms with Crippen LogP contribution in [0, 0.1) is 10.8 Å². The minimum atomic E-state index is -0.978. The van der Waals surface area contributed by atoms with E-state index in [1.807, 2.05) is 0 Å². The van der Waals surface area contributed by atoms with Gasteiger partial charge in [-0.2, -0.15) is 0 Å². The molecule has 0 bridgehead atoms. The van der Waals surface area contributed by atoms with E-state index in [2.05, 4.69) is 4.29 Å². The lowest BCUT2D eigenvalue weighted by atomic mass is 9.75. The number of hydrogen-bond donors (Lipinski definition) is 1. The van der Waals surface area contributed by atoms with Gasteiger partial charge in [-0.15, -0.1) is 0 Å². The molecule has 0 aromatic rings. The summed E-state index contributed by atoms with van der Waals surface area (Å²) in [5.41, 5.74) is -1.88. The van der Waals surface area contributed by atoms with E-state index < -0.39 is 22.8 Å². The molecule has 0 saturated carbocycles. The van der Waals surface area contributed by atoms with Gasteiger partial charge in [-0.25, -0.2) is 4.79 Å². The molecule has 14 heavy (non-hydrogen) atoms. The van der Waals surface area contributed by atoms with Crippen molar-refractivity contribution in [3.8, 4) is 0 Å². The van der Waals surface area contributed by atoms with Crippen LogP contribution in [0.2, 0.25) is 0 Å². The van der Waals surface area contributed by atoms with Gasteiger partial charge in [0, 0.05) is 0 Å². The zero-order valence-corrected chi connectivity index (χ0v) is 9.51. The SMILES string of the molecule is CC(C)(CC(C)(C)C(=O)OCl)C(=O)O. The molecule has 0 amide bonds. The molecule has 0 unspecified atom stereocenters. The third-order valence-corrected chi connectivity index (χ3v) is 2.23. The predicted molar refractivity (Wildman–Crippen MR) is 51.8 cm³/mol. The summed E-state index contributed by atoms with van der Waals surface area (Å²) in [7, 11) is 0. The molecule has 0 aromatic carbocycles. The minimum absolute atomic E-state index is 0.168. The number of rotatable bonds is 4. The number of aliphatic carboxylic acids is 1. The van der Waals surface area contributed by atoms with Crippen LogP contribution in [0.5, 0.6) is 0 Å². The predicted octanol–water partition coefficient (Wildman–Crippen LogP) is 2.21. The third kappa shape index (κ3) is 3.18. The fourth-order valence-electron chi connectivity index (χ4n) is 1.36. The summed E-state index contributed by atoms with van der Waals surface area (Å²) in [6.07, 6.45) is 0.168. The number of carbonyl (C=O) groups excluding carboxylic acids is 1. The van der Waals surface area contributed by atoms with E-state index in [0.717, 1.165) is 0 Å². The quantitative estimate of drug-likeness (QED) is 0.792. The van der Waals surface area contributed by atoms with E-state index in [1.54, 1.807) is 27.7 Å². The molecule has 0 aliphatic carbocycles. The van der Waals surface area contributed by atoms with Crippen molar-refractivity contribution in [1.29, 1.82) is 0 Å². The summed E-state index contributed by atoms with van der Waals surface area (Å²) in [5.74, 6) is -1.57. The molecule has 82 valence electrons. The van der Waals surface area contributed by atoms with Gasteiger partial charge in [-0.05, 0) is 34.1 Å². The van der Waals surface area contributed by atoms with E-state index in [4.69, 9.17) is 17.0 Å². The summed E-state index contributed by atoms with van der Waals surface area (Å²) >= 11 is 4.95. The average molecular weight is 223 g/mol. The lowest BCUT2D eigenvalue weighted by Crippen LogP contribution is -2.35. The molecule has 5 heteroatoms. The largest absolute Gasteiger partial charge is 0.481 e. The summed E-state index contributed by atoms with van der Waals surface area (Å²) in [4.78, 5) is 22.0. The second-order valence-electron chi connectivity index (χ2n) is 4.61. The van der Waals surface area contributed by atoms with E-state index in [9.17, 15) is 9.59 Å². The molecule has 0 spiro atoms. The molecule has 4 nitrogen and oxygen atoms in total. The summed E-state index contributed by atoms with van der Waals surface area (Å²) in [6.45, 7) is 6.31. The van der Waals surface area contributed by atoms with Gasteiger partial charge >= 0.3 is 11.9 Å². The van der Waals surface area contributed by atoms with Crippen molar-refractivity contribution in [2.24, 2.45) is 10.8 Å². The maximum atomic E-state index is 11.2. The molecule has 0 aliphatic rings. The molecular weight excluding hydrogens is 208 g/mol. The highest BCUT2D eigenvalue weighted by Crippen LogP contribution is 2.35. The van der Waals surface area contributed by atoms with Crippen LogP contribution in [0.25, 0.3) is 0 Å². The zero-order valence-electron chi connectivity index (χ0n) is 8.76. The van der Waals surface area contributed by atoms with Crippen LogP contribution in [0.3, 0.4) is 0 Å². The Bertz CT molecular complexity index is 245. The van der Waals surface area contributed by atoms with Crippen molar-refractivity contribution in [2.45, 2.75) is 34.1 Å². The lowest BCUT2D eigenvalue weighted by Gasteiger charge is -2.28. The smallest absolute Gasteiger partial charge is 0.330 e. The Morgan fingerprint density at radius 1 is 1.21 bits per heavy atom. The number of carboxylic acids is 1. The Balaban J connectivity index is 4.66. The fourth-order valence-corrected chi connectivity index (χ4v) is 1.57. The summed E-state index contributed by atoms with van der Waals surface area (Å²) < 4.78 is 4.08. The number of carboxylic acid groups (broad SMARTS) is 1. The van der Waals surface area contributed by atoms with Crippen LogP contribution in [0.15, 0.2) is 0 Å². The Kier molecular flexibility index (Phi) is 3.94. The molecular formula is C9H15ClO4. The van der Waals surface area contributed by atoms with E-state index >= 15 is 0 Å². The van der Waals surface area contributed by atoms with Crippen molar-refractivity contribution in [2.75, 3.05) is 0 Å². The van der Waals surface area contributed by atoms with Crippen molar-refractivity contribution in [3.63, 3.8) is 0 Å². The number of hydrogen-bond acceptors (Lipinski definition) is 3. The van der Waals surface area contributed by atoms with Gasteiger partial charge in [-0.1, -0.05) is 0 Å². The summed E-state index contributed by atoms with van der Waals surface area (Å²) in [5, 5.41) is 8.87.